The fraction of sp³-hybridized carbons (Fsp3) is 0.364. The van der Waals surface area contributed by atoms with Crippen molar-refractivity contribution in [3.05, 3.63) is 42.4 Å². The van der Waals surface area contributed by atoms with Gasteiger partial charge >= 0.3 is 0 Å². The largest absolute Gasteiger partial charge is 0.469 e. The number of imidazole rings is 1. The molecule has 0 amide bonds. The van der Waals surface area contributed by atoms with E-state index in [-0.39, 0.29) is 0 Å². The molecule has 2 heterocycles. The molecule has 4 heteroatoms. The van der Waals surface area contributed by atoms with Gasteiger partial charge in [0.1, 0.15) is 5.76 Å². The van der Waals surface area contributed by atoms with E-state index in [2.05, 4.69) is 10.3 Å². The van der Waals surface area contributed by atoms with E-state index in [4.69, 9.17) is 4.42 Å². The Morgan fingerprint density at radius 3 is 3.13 bits per heavy atom. The zero-order valence-corrected chi connectivity index (χ0v) is 8.81. The van der Waals surface area contributed by atoms with Crippen LogP contribution in [0.2, 0.25) is 0 Å². The highest BCUT2D eigenvalue weighted by atomic mass is 16.3. The number of hydrogen-bond acceptors (Lipinski definition) is 3. The summed E-state index contributed by atoms with van der Waals surface area (Å²) in [4.78, 5) is 4.05. The molecule has 0 radical (unpaired) electrons. The molecule has 4 nitrogen and oxygen atoms in total. The monoisotopic (exact) mass is 205 g/mol. The second-order valence-electron chi connectivity index (χ2n) is 3.50. The topological polar surface area (TPSA) is 43.0 Å². The zero-order chi connectivity index (χ0) is 10.5. The van der Waals surface area contributed by atoms with Crippen molar-refractivity contribution in [3.8, 4) is 0 Å². The first-order valence-corrected chi connectivity index (χ1v) is 5.04. The molecular formula is C11H15N3O. The van der Waals surface area contributed by atoms with E-state index < -0.39 is 0 Å². The SMILES string of the molecule is Cn1cncc1CNCCc1ccco1. The Kier molecular flexibility index (Phi) is 3.19. The van der Waals surface area contributed by atoms with Crippen molar-refractivity contribution in [1.82, 2.24) is 14.9 Å². The molecule has 0 aliphatic carbocycles. The van der Waals surface area contributed by atoms with Crippen molar-refractivity contribution in [3.63, 3.8) is 0 Å². The van der Waals surface area contributed by atoms with E-state index in [0.717, 1.165) is 25.3 Å². The van der Waals surface area contributed by atoms with Gasteiger partial charge in [-0.15, -0.1) is 0 Å². The zero-order valence-electron chi connectivity index (χ0n) is 8.81. The van der Waals surface area contributed by atoms with Crippen molar-refractivity contribution in [2.45, 2.75) is 13.0 Å². The van der Waals surface area contributed by atoms with Gasteiger partial charge in [-0.05, 0) is 12.1 Å². The summed E-state index contributed by atoms with van der Waals surface area (Å²) in [6.07, 6.45) is 6.31. The third-order valence-corrected chi connectivity index (χ3v) is 2.35. The van der Waals surface area contributed by atoms with Gasteiger partial charge < -0.3 is 14.3 Å². The molecule has 0 bridgehead atoms. The van der Waals surface area contributed by atoms with E-state index in [0.29, 0.717) is 0 Å². The highest BCUT2D eigenvalue weighted by Gasteiger charge is 1.98. The second-order valence-corrected chi connectivity index (χ2v) is 3.50. The molecule has 0 spiro atoms. The third kappa shape index (κ3) is 2.70. The Morgan fingerprint density at radius 1 is 1.53 bits per heavy atom. The second kappa shape index (κ2) is 4.79. The van der Waals surface area contributed by atoms with Gasteiger partial charge in [0, 0.05) is 32.8 Å². The molecule has 0 aromatic carbocycles. The molecule has 0 saturated heterocycles. The van der Waals surface area contributed by atoms with Crippen LogP contribution in [-0.2, 0) is 20.0 Å². The molecule has 2 rings (SSSR count). The number of nitrogens with zero attached hydrogens (tertiary/aromatic N) is 2. The Labute approximate surface area is 88.9 Å². The molecule has 0 aliphatic heterocycles. The first kappa shape index (κ1) is 9.98. The van der Waals surface area contributed by atoms with Crippen LogP contribution in [-0.4, -0.2) is 16.1 Å². The molecule has 0 saturated carbocycles. The molecule has 1 N–H and O–H groups in total. The molecule has 0 aliphatic rings. The lowest BCUT2D eigenvalue weighted by Gasteiger charge is -2.03. The predicted octanol–water partition coefficient (Wildman–Crippen LogP) is 1.35. The smallest absolute Gasteiger partial charge is 0.105 e. The summed E-state index contributed by atoms with van der Waals surface area (Å²) >= 11 is 0. The van der Waals surface area contributed by atoms with Crippen molar-refractivity contribution in [2.24, 2.45) is 7.05 Å². The highest BCUT2D eigenvalue weighted by Crippen LogP contribution is 2.00. The Hall–Kier alpha value is -1.55. The van der Waals surface area contributed by atoms with Crippen molar-refractivity contribution in [2.75, 3.05) is 6.54 Å². The van der Waals surface area contributed by atoms with Crippen LogP contribution in [0, 0.1) is 0 Å². The normalized spacial score (nSPS) is 10.7. The van der Waals surface area contributed by atoms with Crippen molar-refractivity contribution in [1.29, 1.82) is 0 Å². The van der Waals surface area contributed by atoms with Gasteiger partial charge in [0.2, 0.25) is 0 Å². The number of aromatic nitrogens is 2. The number of rotatable bonds is 5. The van der Waals surface area contributed by atoms with Crippen LogP contribution >= 0.6 is 0 Å². The summed E-state index contributed by atoms with van der Waals surface area (Å²) in [6.45, 7) is 1.76. The minimum absolute atomic E-state index is 0.844. The number of hydrogen-bond donors (Lipinski definition) is 1. The lowest BCUT2D eigenvalue weighted by atomic mass is 10.3. The van der Waals surface area contributed by atoms with Crippen LogP contribution < -0.4 is 5.32 Å². The summed E-state index contributed by atoms with van der Waals surface area (Å²) < 4.78 is 7.25. The fourth-order valence-electron chi connectivity index (χ4n) is 1.44. The minimum Gasteiger partial charge on any atom is -0.469 e. The van der Waals surface area contributed by atoms with Crippen LogP contribution in [0.3, 0.4) is 0 Å². The highest BCUT2D eigenvalue weighted by molar-refractivity contribution is 4.99. The lowest BCUT2D eigenvalue weighted by molar-refractivity contribution is 0.497. The molecule has 0 atom stereocenters. The quantitative estimate of drug-likeness (QED) is 0.749. The maximum Gasteiger partial charge on any atom is 0.105 e. The van der Waals surface area contributed by atoms with E-state index in [9.17, 15) is 0 Å². The Balaban J connectivity index is 1.70. The predicted molar refractivity (Wildman–Crippen MR) is 57.3 cm³/mol. The molecule has 2 aromatic heterocycles. The number of furan rings is 1. The Morgan fingerprint density at radius 2 is 2.47 bits per heavy atom. The van der Waals surface area contributed by atoms with E-state index in [1.807, 2.05) is 36.3 Å². The van der Waals surface area contributed by atoms with Gasteiger partial charge in [0.25, 0.3) is 0 Å². The summed E-state index contributed by atoms with van der Waals surface area (Å²) in [5.41, 5.74) is 1.19. The fourth-order valence-corrected chi connectivity index (χ4v) is 1.44. The molecule has 80 valence electrons. The summed E-state index contributed by atoms with van der Waals surface area (Å²) in [5, 5.41) is 3.35. The van der Waals surface area contributed by atoms with Crippen LogP contribution in [0.15, 0.2) is 35.3 Å². The van der Waals surface area contributed by atoms with Crippen LogP contribution in [0.25, 0.3) is 0 Å². The lowest BCUT2D eigenvalue weighted by Crippen LogP contribution is -2.18. The average Bonchev–Trinajstić information content (AvgIpc) is 2.85. The molecule has 15 heavy (non-hydrogen) atoms. The van der Waals surface area contributed by atoms with Crippen molar-refractivity contribution >= 4 is 0 Å². The standard InChI is InChI=1S/C11H15N3O/c1-14-9-13-8-10(14)7-12-5-4-11-3-2-6-15-11/h2-3,6,8-9,12H,4-5,7H2,1H3. The van der Waals surface area contributed by atoms with Gasteiger partial charge in [-0.3, -0.25) is 0 Å². The van der Waals surface area contributed by atoms with Gasteiger partial charge in [0.05, 0.1) is 18.3 Å². The molecule has 0 unspecified atom stereocenters. The maximum absolute atomic E-state index is 5.24. The van der Waals surface area contributed by atoms with Crippen LogP contribution in [0.4, 0.5) is 0 Å². The van der Waals surface area contributed by atoms with Gasteiger partial charge in [0.15, 0.2) is 0 Å². The molecular weight excluding hydrogens is 190 g/mol. The Bertz CT molecular complexity index is 392. The third-order valence-electron chi connectivity index (χ3n) is 2.35. The molecule has 2 aromatic rings. The molecule has 0 fully saturated rings. The van der Waals surface area contributed by atoms with Crippen molar-refractivity contribution < 1.29 is 4.42 Å². The van der Waals surface area contributed by atoms with E-state index in [1.165, 1.54) is 5.69 Å². The first-order valence-electron chi connectivity index (χ1n) is 5.04. The van der Waals surface area contributed by atoms with Crippen LogP contribution in [0.1, 0.15) is 11.5 Å². The summed E-state index contributed by atoms with van der Waals surface area (Å²) in [7, 11) is 2.00. The van der Waals surface area contributed by atoms with Gasteiger partial charge in [-0.25, -0.2) is 4.98 Å². The summed E-state index contributed by atoms with van der Waals surface area (Å²) in [5.74, 6) is 1.02. The summed E-state index contributed by atoms with van der Waals surface area (Å²) in [6, 6.07) is 3.90. The van der Waals surface area contributed by atoms with Crippen LogP contribution in [0.5, 0.6) is 0 Å². The van der Waals surface area contributed by atoms with E-state index in [1.54, 1.807) is 6.26 Å². The minimum atomic E-state index is 0.844. The van der Waals surface area contributed by atoms with Gasteiger partial charge in [-0.1, -0.05) is 0 Å². The number of aryl methyl sites for hydroxylation is 1. The van der Waals surface area contributed by atoms with E-state index >= 15 is 0 Å². The maximum atomic E-state index is 5.24. The first-order chi connectivity index (χ1) is 7.36. The number of nitrogens with one attached hydrogen (secondary N) is 1. The average molecular weight is 205 g/mol. The van der Waals surface area contributed by atoms with Gasteiger partial charge in [-0.2, -0.15) is 0 Å².